The first-order chi connectivity index (χ1) is 8.63. The Morgan fingerprint density at radius 2 is 1.72 bits per heavy atom. The molecule has 18 heavy (non-hydrogen) atoms. The van der Waals surface area contributed by atoms with E-state index >= 15 is 0 Å². The van der Waals surface area contributed by atoms with E-state index < -0.39 is 11.9 Å². The number of rotatable bonds is 5. The van der Waals surface area contributed by atoms with Crippen LogP contribution in [-0.4, -0.2) is 25.2 Å². The number of hydrogen-bond donors (Lipinski definition) is 0. The van der Waals surface area contributed by atoms with E-state index in [2.05, 4.69) is 7.11 Å². The van der Waals surface area contributed by atoms with E-state index in [1.807, 2.05) is 0 Å². The van der Waals surface area contributed by atoms with Crippen molar-refractivity contribution in [2.75, 3.05) is 13.2 Å². The number of hydrogen-bond acceptors (Lipinski definition) is 5. The van der Waals surface area contributed by atoms with Gasteiger partial charge in [0.1, 0.15) is 18.4 Å². The topological polar surface area (TPSA) is 61.8 Å². The Labute approximate surface area is 106 Å². The first-order valence-electron chi connectivity index (χ1n) is 5.54. The van der Waals surface area contributed by atoms with E-state index in [0.717, 1.165) is 0 Å². The van der Waals surface area contributed by atoms with Crippen LogP contribution in [-0.2, 0) is 9.47 Å². The van der Waals surface area contributed by atoms with Gasteiger partial charge in [-0.3, -0.25) is 0 Å². The third-order valence-electron chi connectivity index (χ3n) is 2.14. The van der Waals surface area contributed by atoms with Gasteiger partial charge >= 0.3 is 11.9 Å². The Bertz CT molecular complexity index is 439. The first kappa shape index (κ1) is 14.0. The van der Waals surface area contributed by atoms with Gasteiger partial charge in [0, 0.05) is 0 Å². The van der Waals surface area contributed by atoms with Crippen molar-refractivity contribution in [1.29, 1.82) is 0 Å². The Balaban J connectivity index is 3.09. The predicted octanol–water partition coefficient (Wildman–Crippen LogP) is 2.21. The van der Waals surface area contributed by atoms with E-state index in [1.54, 1.807) is 13.8 Å². The van der Waals surface area contributed by atoms with Crippen LogP contribution in [0.1, 0.15) is 34.6 Å². The largest absolute Gasteiger partial charge is 0.489 e. The zero-order valence-corrected chi connectivity index (χ0v) is 10.4. The van der Waals surface area contributed by atoms with Crippen molar-refractivity contribution in [2.45, 2.75) is 13.8 Å². The van der Waals surface area contributed by atoms with Crippen LogP contribution in [0.3, 0.4) is 0 Å². The number of ether oxygens (including phenoxy) is 3. The van der Waals surface area contributed by atoms with E-state index in [-0.39, 0.29) is 30.1 Å². The van der Waals surface area contributed by atoms with Crippen molar-refractivity contribution in [2.24, 2.45) is 0 Å². The molecule has 0 aliphatic carbocycles. The van der Waals surface area contributed by atoms with Crippen molar-refractivity contribution in [3.63, 3.8) is 0 Å². The maximum Gasteiger partial charge on any atom is 0.341 e. The Kier molecular flexibility index (Phi) is 5.17. The van der Waals surface area contributed by atoms with Crippen LogP contribution in [0, 0.1) is 7.11 Å². The van der Waals surface area contributed by atoms with Crippen LogP contribution in [0.5, 0.6) is 5.75 Å². The molecule has 1 radical (unpaired) electrons. The molecule has 0 aromatic heterocycles. The minimum absolute atomic E-state index is 0.150. The minimum Gasteiger partial charge on any atom is -0.489 e. The highest BCUT2D eigenvalue weighted by molar-refractivity contribution is 5.97. The zero-order valence-electron chi connectivity index (χ0n) is 10.4. The van der Waals surface area contributed by atoms with Crippen molar-refractivity contribution in [3.05, 3.63) is 36.4 Å². The smallest absolute Gasteiger partial charge is 0.341 e. The molecule has 1 aromatic rings. The Morgan fingerprint density at radius 3 is 2.28 bits per heavy atom. The Hall–Kier alpha value is -2.04. The maximum absolute atomic E-state index is 11.7. The van der Waals surface area contributed by atoms with Gasteiger partial charge in [-0.2, -0.15) is 0 Å². The summed E-state index contributed by atoms with van der Waals surface area (Å²) in [6.45, 7) is 3.90. The van der Waals surface area contributed by atoms with Crippen LogP contribution < -0.4 is 4.74 Å². The number of carbonyl (C=O) groups excluding carboxylic acids is 2. The third kappa shape index (κ3) is 3.23. The van der Waals surface area contributed by atoms with Crippen molar-refractivity contribution in [3.8, 4) is 5.75 Å². The molecule has 1 rings (SSSR count). The van der Waals surface area contributed by atoms with Crippen LogP contribution in [0.4, 0.5) is 0 Å². The number of benzene rings is 1. The molecule has 0 atom stereocenters. The molecule has 0 N–H and O–H groups in total. The van der Waals surface area contributed by atoms with Gasteiger partial charge < -0.3 is 14.2 Å². The molecule has 0 fully saturated rings. The van der Waals surface area contributed by atoms with Gasteiger partial charge in [-0.05, 0) is 32.0 Å². The second-order valence-corrected chi connectivity index (χ2v) is 3.30. The Morgan fingerprint density at radius 1 is 1.11 bits per heavy atom. The molecule has 0 aliphatic heterocycles. The molecule has 0 saturated heterocycles. The molecule has 5 heteroatoms. The third-order valence-corrected chi connectivity index (χ3v) is 2.14. The lowest BCUT2D eigenvalue weighted by molar-refractivity contribution is 0.0523. The summed E-state index contributed by atoms with van der Waals surface area (Å²) in [7, 11) is 3.25. The molecule has 0 unspecified atom stereocenters. The molecule has 0 heterocycles. The molecular formula is C13H15O5. The highest BCUT2D eigenvalue weighted by Crippen LogP contribution is 2.21. The summed E-state index contributed by atoms with van der Waals surface area (Å²) in [5.41, 5.74) is 0.415. The van der Waals surface area contributed by atoms with Gasteiger partial charge in [0.05, 0.1) is 18.8 Å². The molecule has 97 valence electrons. The first-order valence-corrected chi connectivity index (χ1v) is 5.54. The molecule has 0 spiro atoms. The lowest BCUT2D eigenvalue weighted by atomic mass is 10.1. The fraction of sp³-hybridized carbons (Fsp3) is 0.308. The van der Waals surface area contributed by atoms with Crippen LogP contribution in [0.2, 0.25) is 0 Å². The van der Waals surface area contributed by atoms with Crippen LogP contribution >= 0.6 is 0 Å². The number of carbonyl (C=O) groups is 2. The summed E-state index contributed by atoms with van der Waals surface area (Å²) in [6.07, 6.45) is 0. The highest BCUT2D eigenvalue weighted by atomic mass is 16.5. The van der Waals surface area contributed by atoms with Crippen molar-refractivity contribution in [1.82, 2.24) is 0 Å². The lowest BCUT2D eigenvalue weighted by Crippen LogP contribution is -2.10. The van der Waals surface area contributed by atoms with Gasteiger partial charge in [-0.1, -0.05) is 0 Å². The van der Waals surface area contributed by atoms with Gasteiger partial charge in [0.15, 0.2) is 0 Å². The molecule has 0 saturated carbocycles. The van der Waals surface area contributed by atoms with Crippen molar-refractivity contribution < 1.29 is 23.8 Å². The molecule has 1 aromatic carbocycles. The second kappa shape index (κ2) is 6.64. The summed E-state index contributed by atoms with van der Waals surface area (Å²) in [5, 5.41) is 0. The van der Waals surface area contributed by atoms with Gasteiger partial charge in [-0.25, -0.2) is 9.59 Å². The quantitative estimate of drug-likeness (QED) is 0.751. The van der Waals surface area contributed by atoms with E-state index in [1.165, 1.54) is 18.2 Å². The van der Waals surface area contributed by atoms with Crippen molar-refractivity contribution >= 4 is 11.9 Å². The van der Waals surface area contributed by atoms with E-state index in [4.69, 9.17) is 14.2 Å². The monoisotopic (exact) mass is 251 g/mol. The minimum atomic E-state index is -0.567. The summed E-state index contributed by atoms with van der Waals surface area (Å²) in [4.78, 5) is 23.2. The molecule has 0 amide bonds. The van der Waals surface area contributed by atoms with Gasteiger partial charge in [-0.15, -0.1) is 0 Å². The summed E-state index contributed by atoms with van der Waals surface area (Å²) in [5.74, 6) is -0.817. The molecule has 5 nitrogen and oxygen atoms in total. The second-order valence-electron chi connectivity index (χ2n) is 3.30. The average molecular weight is 251 g/mol. The molecule has 0 aliphatic rings. The lowest BCUT2D eigenvalue weighted by Gasteiger charge is -2.09. The van der Waals surface area contributed by atoms with Gasteiger partial charge in [0.25, 0.3) is 0 Å². The average Bonchev–Trinajstić information content (AvgIpc) is 2.38. The SMILES string of the molecule is [CH2]Oc1ccc(C(=O)OCC)cc1C(=O)OCC. The number of esters is 2. The molecule has 0 bridgehead atoms. The van der Waals surface area contributed by atoms with E-state index in [9.17, 15) is 9.59 Å². The van der Waals surface area contributed by atoms with Crippen LogP contribution in [0.15, 0.2) is 18.2 Å². The molecular weight excluding hydrogens is 236 g/mol. The fourth-order valence-electron chi connectivity index (χ4n) is 1.37. The fourth-order valence-corrected chi connectivity index (χ4v) is 1.37. The maximum atomic E-state index is 11.7. The predicted molar refractivity (Wildman–Crippen MR) is 64.3 cm³/mol. The zero-order chi connectivity index (χ0) is 13.5. The van der Waals surface area contributed by atoms with Gasteiger partial charge in [0.2, 0.25) is 0 Å². The van der Waals surface area contributed by atoms with E-state index in [0.29, 0.717) is 0 Å². The summed E-state index contributed by atoms with van der Waals surface area (Å²) >= 11 is 0. The normalized spacial score (nSPS) is 9.72. The summed E-state index contributed by atoms with van der Waals surface area (Å²) in [6, 6.07) is 4.35. The summed E-state index contributed by atoms with van der Waals surface area (Å²) < 4.78 is 14.5. The standard InChI is InChI=1S/C13H15O5/c1-4-17-12(14)9-6-7-11(16-3)10(8-9)13(15)18-5-2/h6-8H,3-5H2,1-2H3. The van der Waals surface area contributed by atoms with Crippen LogP contribution in [0.25, 0.3) is 0 Å². The highest BCUT2D eigenvalue weighted by Gasteiger charge is 2.17.